The number of fused-ring (bicyclic) bond motifs is 1. The number of nitrogens with one attached hydrogen (secondary N) is 1. The number of hydrogen-bond donors (Lipinski definition) is 1. The van der Waals surface area contributed by atoms with Gasteiger partial charge in [-0.15, -0.1) is 0 Å². The van der Waals surface area contributed by atoms with Gasteiger partial charge in [0.2, 0.25) is 0 Å². The first-order chi connectivity index (χ1) is 11.8. The van der Waals surface area contributed by atoms with E-state index in [1.807, 2.05) is 13.8 Å². The summed E-state index contributed by atoms with van der Waals surface area (Å²) in [7, 11) is 0. The van der Waals surface area contributed by atoms with Gasteiger partial charge in [0.15, 0.2) is 18.1 Å². The molecule has 1 aromatic carbocycles. The number of amides is 1. The van der Waals surface area contributed by atoms with Crippen LogP contribution >= 0.6 is 0 Å². The molecule has 0 bridgehead atoms. The fraction of sp³-hybridized carbons (Fsp3) is 0.500. The molecule has 1 aromatic rings. The summed E-state index contributed by atoms with van der Waals surface area (Å²) in [5.41, 5.74) is -0.294. The number of carbonyl (C=O) groups excluding carboxylic acids is 2. The maximum absolute atomic E-state index is 11.9. The van der Waals surface area contributed by atoms with E-state index in [1.54, 1.807) is 25.1 Å². The Balaban J connectivity index is 1.85. The van der Waals surface area contributed by atoms with Gasteiger partial charge in [-0.25, -0.2) is 0 Å². The van der Waals surface area contributed by atoms with Crippen molar-refractivity contribution >= 4 is 11.9 Å². The van der Waals surface area contributed by atoms with Crippen LogP contribution in [0, 0.1) is 17.2 Å². The first kappa shape index (κ1) is 18.6. The average Bonchev–Trinajstić information content (AvgIpc) is 2.59. The highest BCUT2D eigenvalue weighted by Gasteiger charge is 2.30. The molecule has 1 N–H and O–H groups in total. The number of nitriles is 1. The maximum Gasteiger partial charge on any atom is 0.310 e. The monoisotopic (exact) mass is 346 g/mol. The van der Waals surface area contributed by atoms with Crippen molar-refractivity contribution in [3.05, 3.63) is 23.8 Å². The van der Waals surface area contributed by atoms with Gasteiger partial charge in [0.25, 0.3) is 5.91 Å². The van der Waals surface area contributed by atoms with Crippen molar-refractivity contribution in [3.8, 4) is 17.6 Å². The van der Waals surface area contributed by atoms with E-state index in [2.05, 4.69) is 11.4 Å². The van der Waals surface area contributed by atoms with Crippen LogP contribution in [0.25, 0.3) is 0 Å². The molecule has 1 aliphatic rings. The molecule has 1 amide bonds. The second-order valence-electron chi connectivity index (χ2n) is 6.33. The lowest BCUT2D eigenvalue weighted by Crippen LogP contribution is -2.50. The first-order valence-corrected chi connectivity index (χ1v) is 8.10. The molecule has 2 rings (SSSR count). The Hall–Kier alpha value is -2.75. The van der Waals surface area contributed by atoms with Crippen LogP contribution in [0.3, 0.4) is 0 Å². The van der Waals surface area contributed by atoms with Gasteiger partial charge in [-0.2, -0.15) is 5.26 Å². The fourth-order valence-corrected chi connectivity index (χ4v) is 2.19. The number of carbonyl (C=O) groups is 2. The van der Waals surface area contributed by atoms with Gasteiger partial charge in [-0.1, -0.05) is 19.9 Å². The zero-order valence-electron chi connectivity index (χ0n) is 14.6. The summed E-state index contributed by atoms with van der Waals surface area (Å²) in [6.45, 7) is 5.84. The van der Waals surface area contributed by atoms with Crippen molar-refractivity contribution in [2.24, 2.45) is 5.92 Å². The van der Waals surface area contributed by atoms with E-state index in [4.69, 9.17) is 14.2 Å². The van der Waals surface area contributed by atoms with Gasteiger partial charge in [-0.05, 0) is 30.5 Å². The first-order valence-electron chi connectivity index (χ1n) is 8.10. The highest BCUT2D eigenvalue weighted by atomic mass is 16.6. The Labute approximate surface area is 146 Å². The van der Waals surface area contributed by atoms with Crippen molar-refractivity contribution in [2.75, 3.05) is 19.8 Å². The summed E-state index contributed by atoms with van der Waals surface area (Å²) in [4.78, 5) is 23.8. The van der Waals surface area contributed by atoms with Crippen LogP contribution in [0.15, 0.2) is 18.2 Å². The van der Waals surface area contributed by atoms with Crippen LogP contribution in [0.1, 0.15) is 26.3 Å². The van der Waals surface area contributed by atoms with Crippen molar-refractivity contribution in [3.63, 3.8) is 0 Å². The lowest BCUT2D eigenvalue weighted by molar-refractivity contribution is -0.148. The highest BCUT2D eigenvalue weighted by Crippen LogP contribution is 2.30. The summed E-state index contributed by atoms with van der Waals surface area (Å²) in [6.07, 6.45) is 0.0175. The second-order valence-corrected chi connectivity index (χ2v) is 6.33. The van der Waals surface area contributed by atoms with E-state index in [0.717, 1.165) is 0 Å². The van der Waals surface area contributed by atoms with Crippen LogP contribution in [-0.2, 0) is 20.7 Å². The van der Waals surface area contributed by atoms with E-state index in [-0.39, 0.29) is 12.3 Å². The van der Waals surface area contributed by atoms with Gasteiger partial charge < -0.3 is 19.5 Å². The molecule has 134 valence electrons. The van der Waals surface area contributed by atoms with Crippen molar-refractivity contribution in [2.45, 2.75) is 32.7 Å². The molecular formula is C18H22N2O5. The maximum atomic E-state index is 11.9. The lowest BCUT2D eigenvalue weighted by atomic mass is 9.90. The standard InChI is InChI=1S/C18H22N2O5/c1-12(2)18(3,11-19)20-16(21)10-25-17(22)9-13-4-5-14-15(8-13)24-7-6-23-14/h4-5,8,12H,6-7,9-10H2,1-3H3,(H,20,21)/t18-/m1/s1. The Morgan fingerprint density at radius 3 is 2.64 bits per heavy atom. The molecule has 0 unspecified atom stereocenters. The average molecular weight is 346 g/mol. The molecular weight excluding hydrogens is 324 g/mol. The molecule has 0 aliphatic carbocycles. The molecule has 0 aromatic heterocycles. The largest absolute Gasteiger partial charge is 0.486 e. The van der Waals surface area contributed by atoms with Gasteiger partial charge in [0.05, 0.1) is 12.5 Å². The Kier molecular flexibility index (Phi) is 5.86. The number of nitrogens with zero attached hydrogens (tertiary/aromatic N) is 1. The minimum atomic E-state index is -1.00. The van der Waals surface area contributed by atoms with Crippen LogP contribution < -0.4 is 14.8 Å². The summed E-state index contributed by atoms with van der Waals surface area (Å²) < 4.78 is 15.9. The molecule has 1 aliphatic heterocycles. The molecule has 0 saturated carbocycles. The lowest BCUT2D eigenvalue weighted by Gasteiger charge is -2.27. The Bertz CT molecular complexity index is 695. The van der Waals surface area contributed by atoms with Crippen LogP contribution in [0.2, 0.25) is 0 Å². The molecule has 7 heteroatoms. The predicted octanol–water partition coefficient (Wildman–Crippen LogP) is 1.60. The topological polar surface area (TPSA) is 97.7 Å². The Morgan fingerprint density at radius 1 is 1.32 bits per heavy atom. The molecule has 0 saturated heterocycles. The molecule has 0 spiro atoms. The smallest absolute Gasteiger partial charge is 0.310 e. The minimum absolute atomic E-state index is 0.0175. The third-order valence-electron chi connectivity index (χ3n) is 4.11. The van der Waals surface area contributed by atoms with Gasteiger partial charge in [-0.3, -0.25) is 9.59 Å². The van der Waals surface area contributed by atoms with E-state index in [0.29, 0.717) is 30.3 Å². The number of rotatable bonds is 6. The Morgan fingerprint density at radius 2 is 2.00 bits per heavy atom. The number of ether oxygens (including phenoxy) is 3. The third kappa shape index (κ3) is 4.86. The van der Waals surface area contributed by atoms with Crippen molar-refractivity contribution < 1.29 is 23.8 Å². The SMILES string of the molecule is CC(C)[C@@](C)(C#N)NC(=O)COC(=O)Cc1ccc2c(c1)OCCO2. The van der Waals surface area contributed by atoms with Crippen LogP contribution in [0.4, 0.5) is 0 Å². The highest BCUT2D eigenvalue weighted by molar-refractivity contribution is 5.82. The molecule has 1 atom stereocenters. The van der Waals surface area contributed by atoms with E-state index < -0.39 is 24.0 Å². The van der Waals surface area contributed by atoms with E-state index in [1.165, 1.54) is 0 Å². The molecule has 7 nitrogen and oxygen atoms in total. The molecule has 25 heavy (non-hydrogen) atoms. The summed E-state index contributed by atoms with van der Waals surface area (Å²) in [5.74, 6) is 0.126. The van der Waals surface area contributed by atoms with Gasteiger partial charge in [0.1, 0.15) is 18.8 Å². The number of hydrogen-bond acceptors (Lipinski definition) is 6. The van der Waals surface area contributed by atoms with Crippen LogP contribution in [-0.4, -0.2) is 37.2 Å². The second kappa shape index (κ2) is 7.88. The molecule has 1 heterocycles. The van der Waals surface area contributed by atoms with E-state index >= 15 is 0 Å². The normalized spacial score (nSPS) is 15.0. The predicted molar refractivity (Wildman–Crippen MR) is 89.1 cm³/mol. The summed E-state index contributed by atoms with van der Waals surface area (Å²) in [5, 5.41) is 11.8. The quantitative estimate of drug-likeness (QED) is 0.786. The fourth-order valence-electron chi connectivity index (χ4n) is 2.19. The number of esters is 1. The van der Waals surface area contributed by atoms with Gasteiger partial charge >= 0.3 is 5.97 Å². The summed E-state index contributed by atoms with van der Waals surface area (Å²) >= 11 is 0. The number of benzene rings is 1. The molecule has 0 fully saturated rings. The zero-order chi connectivity index (χ0) is 18.4. The minimum Gasteiger partial charge on any atom is -0.486 e. The molecule has 0 radical (unpaired) electrons. The van der Waals surface area contributed by atoms with Gasteiger partial charge in [0, 0.05) is 0 Å². The van der Waals surface area contributed by atoms with E-state index in [9.17, 15) is 14.9 Å². The summed E-state index contributed by atoms with van der Waals surface area (Å²) in [6, 6.07) is 7.28. The third-order valence-corrected chi connectivity index (χ3v) is 4.11. The zero-order valence-corrected chi connectivity index (χ0v) is 14.6. The van der Waals surface area contributed by atoms with Crippen molar-refractivity contribution in [1.82, 2.24) is 5.32 Å². The van der Waals surface area contributed by atoms with Crippen LogP contribution in [0.5, 0.6) is 11.5 Å². The van der Waals surface area contributed by atoms with Crippen molar-refractivity contribution in [1.29, 1.82) is 5.26 Å².